The number of likely N-dealkylation sites (tertiary alicyclic amines) is 1. The molecule has 0 spiro atoms. The van der Waals surface area contributed by atoms with Crippen LogP contribution < -0.4 is 5.32 Å². The van der Waals surface area contributed by atoms with E-state index in [1.807, 2.05) is 20.8 Å². The highest BCUT2D eigenvalue weighted by molar-refractivity contribution is 5.68. The van der Waals surface area contributed by atoms with Gasteiger partial charge in [0.2, 0.25) is 0 Å². The van der Waals surface area contributed by atoms with Crippen molar-refractivity contribution in [2.75, 3.05) is 25.0 Å². The van der Waals surface area contributed by atoms with E-state index >= 15 is 0 Å². The highest BCUT2D eigenvalue weighted by Gasteiger charge is 2.28. The predicted octanol–water partition coefficient (Wildman–Crippen LogP) is 3.15. The fourth-order valence-corrected chi connectivity index (χ4v) is 2.95. The van der Waals surface area contributed by atoms with Gasteiger partial charge in [0, 0.05) is 25.7 Å². The number of nitrogens with zero attached hydrogens (tertiary/aromatic N) is 2. The van der Waals surface area contributed by atoms with E-state index in [0.29, 0.717) is 30.9 Å². The first-order valence-corrected chi connectivity index (χ1v) is 8.79. The Labute approximate surface area is 153 Å². The molecule has 1 heterocycles. The fourth-order valence-electron chi connectivity index (χ4n) is 2.95. The van der Waals surface area contributed by atoms with Crippen molar-refractivity contribution in [1.82, 2.24) is 4.90 Å². The van der Waals surface area contributed by atoms with Crippen LogP contribution in [0.3, 0.4) is 0 Å². The van der Waals surface area contributed by atoms with Crippen LogP contribution in [0.2, 0.25) is 0 Å². The van der Waals surface area contributed by atoms with Gasteiger partial charge in [-0.3, -0.25) is 10.1 Å². The van der Waals surface area contributed by atoms with Crippen molar-refractivity contribution in [2.45, 2.75) is 45.8 Å². The largest absolute Gasteiger partial charge is 0.444 e. The first-order valence-electron chi connectivity index (χ1n) is 8.79. The molecule has 0 saturated carbocycles. The first-order chi connectivity index (χ1) is 12.2. The van der Waals surface area contributed by atoms with E-state index in [1.54, 1.807) is 17.0 Å². The number of piperidine rings is 1. The van der Waals surface area contributed by atoms with Crippen LogP contribution in [0.4, 0.5) is 16.2 Å². The first kappa shape index (κ1) is 20.0. The Bertz CT molecular complexity index is 657. The maximum atomic E-state index is 12.2. The molecule has 1 fully saturated rings. The fraction of sp³-hybridized carbons (Fsp3) is 0.611. The van der Waals surface area contributed by atoms with Gasteiger partial charge in [-0.25, -0.2) is 4.79 Å². The topological polar surface area (TPSA) is 105 Å². The van der Waals surface area contributed by atoms with Gasteiger partial charge in [-0.15, -0.1) is 0 Å². The van der Waals surface area contributed by atoms with E-state index in [1.165, 1.54) is 6.07 Å². The summed E-state index contributed by atoms with van der Waals surface area (Å²) < 4.78 is 5.42. The van der Waals surface area contributed by atoms with Gasteiger partial charge in [-0.05, 0) is 51.2 Å². The standard InChI is InChI=1S/C18H27N3O5/c1-18(2,3)26-17(23)20-8-4-5-14(11-20)10-19-15-7-6-13(12-22)9-16(15)21(24)25/h6-7,9,14,19,22H,4-5,8,10-12H2,1-3H3. The Morgan fingerprint density at radius 2 is 2.19 bits per heavy atom. The van der Waals surface area contributed by atoms with Crippen LogP contribution in [0.1, 0.15) is 39.2 Å². The van der Waals surface area contributed by atoms with Gasteiger partial charge in [-0.1, -0.05) is 6.07 Å². The molecule has 1 aromatic rings. The van der Waals surface area contributed by atoms with E-state index in [0.717, 1.165) is 12.8 Å². The highest BCUT2D eigenvalue weighted by atomic mass is 16.6. The van der Waals surface area contributed by atoms with Gasteiger partial charge in [0.25, 0.3) is 5.69 Å². The molecular formula is C18H27N3O5. The molecule has 0 bridgehead atoms. The minimum absolute atomic E-state index is 0.0589. The van der Waals surface area contributed by atoms with E-state index in [-0.39, 0.29) is 24.3 Å². The van der Waals surface area contributed by atoms with Gasteiger partial charge in [-0.2, -0.15) is 0 Å². The van der Waals surface area contributed by atoms with E-state index in [9.17, 15) is 14.9 Å². The molecule has 0 aliphatic carbocycles. The number of carbonyl (C=O) groups excluding carboxylic acids is 1. The summed E-state index contributed by atoms with van der Waals surface area (Å²) in [5.41, 5.74) is 0.325. The summed E-state index contributed by atoms with van der Waals surface area (Å²) in [5.74, 6) is 0.188. The average Bonchev–Trinajstić information content (AvgIpc) is 2.58. The molecule has 1 amide bonds. The van der Waals surface area contributed by atoms with Gasteiger partial charge < -0.3 is 20.1 Å². The number of rotatable bonds is 5. The lowest BCUT2D eigenvalue weighted by Crippen LogP contribution is -2.44. The number of hydrogen-bond donors (Lipinski definition) is 2. The molecule has 0 aromatic heterocycles. The van der Waals surface area contributed by atoms with Crippen LogP contribution in [0.15, 0.2) is 18.2 Å². The van der Waals surface area contributed by atoms with Crippen LogP contribution in [0.5, 0.6) is 0 Å². The summed E-state index contributed by atoms with van der Waals surface area (Å²) in [7, 11) is 0. The molecule has 0 radical (unpaired) electrons. The monoisotopic (exact) mass is 365 g/mol. The van der Waals surface area contributed by atoms with Crippen molar-refractivity contribution < 1.29 is 19.6 Å². The Morgan fingerprint density at radius 1 is 1.46 bits per heavy atom. The number of nitrogens with one attached hydrogen (secondary N) is 1. The summed E-state index contributed by atoms with van der Waals surface area (Å²) in [6, 6.07) is 4.64. The lowest BCUT2D eigenvalue weighted by atomic mass is 9.98. The van der Waals surface area contributed by atoms with E-state index in [4.69, 9.17) is 9.84 Å². The molecule has 26 heavy (non-hydrogen) atoms. The SMILES string of the molecule is CC(C)(C)OC(=O)N1CCCC(CNc2ccc(CO)cc2[N+](=O)[O-])C1. The van der Waals surface area contributed by atoms with E-state index < -0.39 is 10.5 Å². The Kier molecular flexibility index (Phi) is 6.42. The number of hydrogen-bond acceptors (Lipinski definition) is 6. The minimum atomic E-state index is -0.530. The van der Waals surface area contributed by atoms with Crippen LogP contribution in [-0.4, -0.2) is 46.3 Å². The van der Waals surface area contributed by atoms with Crippen LogP contribution in [-0.2, 0) is 11.3 Å². The lowest BCUT2D eigenvalue weighted by Gasteiger charge is -2.34. The van der Waals surface area contributed by atoms with Crippen molar-refractivity contribution in [2.24, 2.45) is 5.92 Å². The van der Waals surface area contributed by atoms with Gasteiger partial charge >= 0.3 is 6.09 Å². The summed E-state index contributed by atoms with van der Waals surface area (Å²) in [6.07, 6.45) is 1.49. The number of nitro benzene ring substituents is 1. The molecule has 1 aliphatic heterocycles. The second kappa shape index (κ2) is 8.35. The number of aliphatic hydroxyl groups excluding tert-OH is 1. The maximum Gasteiger partial charge on any atom is 0.410 e. The lowest BCUT2D eigenvalue weighted by molar-refractivity contribution is -0.384. The summed E-state index contributed by atoms with van der Waals surface area (Å²) in [5, 5.41) is 23.5. The molecule has 1 saturated heterocycles. The molecule has 1 aliphatic rings. The molecule has 8 nitrogen and oxygen atoms in total. The molecule has 1 atom stereocenters. The zero-order chi connectivity index (χ0) is 19.3. The molecule has 144 valence electrons. The predicted molar refractivity (Wildman–Crippen MR) is 98.0 cm³/mol. The second-order valence-electron chi connectivity index (χ2n) is 7.58. The van der Waals surface area contributed by atoms with Gasteiger partial charge in [0.1, 0.15) is 11.3 Å². The number of anilines is 1. The summed E-state index contributed by atoms with van der Waals surface area (Å²) >= 11 is 0. The summed E-state index contributed by atoms with van der Waals surface area (Å²) in [6.45, 7) is 7.02. The second-order valence-corrected chi connectivity index (χ2v) is 7.58. The van der Waals surface area contributed by atoms with Crippen molar-refractivity contribution in [1.29, 1.82) is 0 Å². The van der Waals surface area contributed by atoms with Gasteiger partial charge in [0.05, 0.1) is 11.5 Å². The normalized spacial score (nSPS) is 17.7. The van der Waals surface area contributed by atoms with Crippen LogP contribution >= 0.6 is 0 Å². The zero-order valence-corrected chi connectivity index (χ0v) is 15.5. The number of aliphatic hydroxyl groups is 1. The third-order valence-corrected chi connectivity index (χ3v) is 4.19. The van der Waals surface area contributed by atoms with Crippen LogP contribution in [0.25, 0.3) is 0 Å². The molecule has 2 rings (SSSR count). The number of carbonyl (C=O) groups is 1. The zero-order valence-electron chi connectivity index (χ0n) is 15.5. The van der Waals surface area contributed by atoms with Crippen molar-refractivity contribution in [3.8, 4) is 0 Å². The van der Waals surface area contributed by atoms with Gasteiger partial charge in [0.15, 0.2) is 0 Å². The Hall–Kier alpha value is -2.35. The molecule has 1 unspecified atom stereocenters. The number of amides is 1. The number of benzene rings is 1. The molecule has 1 aromatic carbocycles. The van der Waals surface area contributed by atoms with Crippen molar-refractivity contribution >= 4 is 17.5 Å². The Balaban J connectivity index is 1.97. The molecule has 2 N–H and O–H groups in total. The Morgan fingerprint density at radius 3 is 2.81 bits per heavy atom. The minimum Gasteiger partial charge on any atom is -0.444 e. The molecule has 8 heteroatoms. The van der Waals surface area contributed by atoms with Crippen molar-refractivity contribution in [3.63, 3.8) is 0 Å². The average molecular weight is 365 g/mol. The number of nitro groups is 1. The maximum absolute atomic E-state index is 12.2. The highest BCUT2D eigenvalue weighted by Crippen LogP contribution is 2.27. The number of ether oxygens (including phenoxy) is 1. The van der Waals surface area contributed by atoms with E-state index in [2.05, 4.69) is 5.32 Å². The van der Waals surface area contributed by atoms with Crippen LogP contribution in [0, 0.1) is 16.0 Å². The third kappa shape index (κ3) is 5.59. The van der Waals surface area contributed by atoms with Crippen molar-refractivity contribution in [3.05, 3.63) is 33.9 Å². The third-order valence-electron chi connectivity index (χ3n) is 4.19. The smallest absolute Gasteiger partial charge is 0.410 e. The molecular weight excluding hydrogens is 338 g/mol. The summed E-state index contributed by atoms with van der Waals surface area (Å²) in [4.78, 5) is 24.7. The quantitative estimate of drug-likeness (QED) is 0.613.